The van der Waals surface area contributed by atoms with E-state index in [0.29, 0.717) is 12.0 Å². The van der Waals surface area contributed by atoms with Gasteiger partial charge in [-0.3, -0.25) is 4.79 Å². The number of hydrogen-bond donors (Lipinski definition) is 1. The molecule has 0 unspecified atom stereocenters. The summed E-state index contributed by atoms with van der Waals surface area (Å²) in [6.45, 7) is 1.82. The molecule has 1 aromatic rings. The van der Waals surface area contributed by atoms with Crippen LogP contribution in [0.4, 0.5) is 0 Å². The van der Waals surface area contributed by atoms with Crippen LogP contribution in [0.1, 0.15) is 18.4 Å². The van der Waals surface area contributed by atoms with Gasteiger partial charge in [-0.15, -0.1) is 0 Å². The first-order valence-corrected chi connectivity index (χ1v) is 8.15. The van der Waals surface area contributed by atoms with Crippen molar-refractivity contribution in [2.75, 3.05) is 6.54 Å². The zero-order valence-electron chi connectivity index (χ0n) is 10.6. The molecule has 1 saturated heterocycles. The van der Waals surface area contributed by atoms with E-state index in [-0.39, 0.29) is 27.9 Å². The zero-order chi connectivity index (χ0) is 15.1. The first kappa shape index (κ1) is 15.6. The highest BCUT2D eigenvalue weighted by atomic mass is 35.5. The summed E-state index contributed by atoms with van der Waals surface area (Å²) in [5.41, 5.74) is 0.570. The van der Waals surface area contributed by atoms with Crippen LogP contribution in [0.2, 0.25) is 10.0 Å². The molecule has 5 nitrogen and oxygen atoms in total. The summed E-state index contributed by atoms with van der Waals surface area (Å²) < 4.78 is 26.2. The predicted octanol–water partition coefficient (Wildman–Crippen LogP) is 2.54. The monoisotopic (exact) mass is 337 g/mol. The number of rotatable bonds is 3. The average Bonchev–Trinajstić information content (AvgIpc) is 2.84. The molecule has 1 fully saturated rings. The largest absolute Gasteiger partial charge is 0.480 e. The Morgan fingerprint density at radius 3 is 2.65 bits per heavy atom. The molecule has 0 aromatic heterocycles. The molecular formula is C12H13Cl2NO4S. The second-order valence-corrected chi connectivity index (χ2v) is 7.23. The molecule has 8 heteroatoms. The maximum Gasteiger partial charge on any atom is 0.322 e. The van der Waals surface area contributed by atoms with Crippen LogP contribution in [-0.2, 0) is 14.8 Å². The lowest BCUT2D eigenvalue weighted by molar-refractivity contribution is -0.140. The van der Waals surface area contributed by atoms with E-state index in [4.69, 9.17) is 28.3 Å². The highest BCUT2D eigenvalue weighted by Crippen LogP contribution is 2.36. The summed E-state index contributed by atoms with van der Waals surface area (Å²) in [6.07, 6.45) is 0.785. The fraction of sp³-hybridized carbons (Fsp3) is 0.417. The molecule has 0 saturated carbocycles. The van der Waals surface area contributed by atoms with Gasteiger partial charge in [0.05, 0.1) is 10.0 Å². The van der Waals surface area contributed by atoms with Gasteiger partial charge in [-0.25, -0.2) is 8.42 Å². The highest BCUT2D eigenvalue weighted by molar-refractivity contribution is 7.89. The van der Waals surface area contributed by atoms with Crippen LogP contribution in [0, 0.1) is 6.92 Å². The fourth-order valence-electron chi connectivity index (χ4n) is 2.26. The minimum atomic E-state index is -4.03. The molecule has 1 aromatic carbocycles. The van der Waals surface area contributed by atoms with E-state index < -0.39 is 22.0 Å². The van der Waals surface area contributed by atoms with Crippen LogP contribution in [0.3, 0.4) is 0 Å². The molecule has 0 spiro atoms. The minimum absolute atomic E-state index is 0.00311. The molecule has 110 valence electrons. The minimum Gasteiger partial charge on any atom is -0.480 e. The molecule has 0 radical (unpaired) electrons. The molecule has 1 aliphatic heterocycles. The van der Waals surface area contributed by atoms with Crippen molar-refractivity contribution in [2.24, 2.45) is 0 Å². The fourth-order valence-corrected chi connectivity index (χ4v) is 5.05. The molecule has 1 N–H and O–H groups in total. The first-order chi connectivity index (χ1) is 9.26. The molecule has 20 heavy (non-hydrogen) atoms. The summed E-state index contributed by atoms with van der Waals surface area (Å²) in [7, 11) is -4.03. The van der Waals surface area contributed by atoms with Crippen molar-refractivity contribution in [3.63, 3.8) is 0 Å². The van der Waals surface area contributed by atoms with Gasteiger partial charge in [-0.05, 0) is 31.4 Å². The zero-order valence-corrected chi connectivity index (χ0v) is 13.0. The van der Waals surface area contributed by atoms with Crippen LogP contribution in [-0.4, -0.2) is 36.4 Å². The topological polar surface area (TPSA) is 74.7 Å². The summed E-state index contributed by atoms with van der Waals surface area (Å²) in [5, 5.41) is 9.15. The van der Waals surface area contributed by atoms with Gasteiger partial charge in [0, 0.05) is 6.54 Å². The molecule has 0 bridgehead atoms. The van der Waals surface area contributed by atoms with E-state index in [1.54, 1.807) is 13.0 Å². The summed E-state index contributed by atoms with van der Waals surface area (Å²) in [6, 6.07) is 2.00. The lowest BCUT2D eigenvalue weighted by atomic mass is 10.2. The Morgan fingerprint density at radius 1 is 1.40 bits per heavy atom. The smallest absolute Gasteiger partial charge is 0.322 e. The average molecular weight is 338 g/mol. The Hall–Kier alpha value is -0.820. The molecule has 0 amide bonds. The van der Waals surface area contributed by atoms with Crippen molar-refractivity contribution in [3.05, 3.63) is 27.7 Å². The van der Waals surface area contributed by atoms with Crippen LogP contribution in [0.15, 0.2) is 17.0 Å². The van der Waals surface area contributed by atoms with Gasteiger partial charge in [-0.2, -0.15) is 4.31 Å². The SMILES string of the molecule is Cc1ccc(Cl)c(S(=O)(=O)N2CCC[C@@H]2C(=O)O)c1Cl. The van der Waals surface area contributed by atoms with E-state index in [2.05, 4.69) is 0 Å². The third-order valence-corrected chi connectivity index (χ3v) is 6.32. The third-order valence-electron chi connectivity index (χ3n) is 3.30. The predicted molar refractivity (Wildman–Crippen MR) is 75.7 cm³/mol. The van der Waals surface area contributed by atoms with Crippen molar-refractivity contribution in [1.82, 2.24) is 4.31 Å². The Bertz CT molecular complexity index is 660. The lowest BCUT2D eigenvalue weighted by Gasteiger charge is -2.22. The highest BCUT2D eigenvalue weighted by Gasteiger charge is 2.41. The number of aliphatic carboxylic acids is 1. The summed E-state index contributed by atoms with van der Waals surface area (Å²) in [4.78, 5) is 10.9. The number of carboxylic acids is 1. The molecule has 2 rings (SSSR count). The molecular weight excluding hydrogens is 325 g/mol. The second-order valence-electron chi connectivity index (χ2n) is 4.62. The molecule has 1 heterocycles. The van der Waals surface area contributed by atoms with Crippen molar-refractivity contribution < 1.29 is 18.3 Å². The van der Waals surface area contributed by atoms with Crippen molar-refractivity contribution in [2.45, 2.75) is 30.7 Å². The van der Waals surface area contributed by atoms with E-state index >= 15 is 0 Å². The normalized spacial score (nSPS) is 20.2. The van der Waals surface area contributed by atoms with Gasteiger partial charge >= 0.3 is 5.97 Å². The number of halogens is 2. The van der Waals surface area contributed by atoms with Crippen LogP contribution >= 0.6 is 23.2 Å². The van der Waals surface area contributed by atoms with E-state index in [1.807, 2.05) is 0 Å². The van der Waals surface area contributed by atoms with Gasteiger partial charge in [0.2, 0.25) is 10.0 Å². The Balaban J connectivity index is 2.57. The van der Waals surface area contributed by atoms with Crippen molar-refractivity contribution in [1.29, 1.82) is 0 Å². The summed E-state index contributed by atoms with van der Waals surface area (Å²) >= 11 is 12.0. The number of benzene rings is 1. The quantitative estimate of drug-likeness (QED) is 0.919. The maximum atomic E-state index is 12.6. The van der Waals surface area contributed by atoms with Crippen molar-refractivity contribution in [3.8, 4) is 0 Å². The van der Waals surface area contributed by atoms with E-state index in [0.717, 1.165) is 4.31 Å². The number of hydrogen-bond acceptors (Lipinski definition) is 3. The van der Waals surface area contributed by atoms with Gasteiger partial charge in [0.1, 0.15) is 10.9 Å². The first-order valence-electron chi connectivity index (χ1n) is 5.96. The van der Waals surface area contributed by atoms with Gasteiger partial charge in [-0.1, -0.05) is 29.3 Å². The van der Waals surface area contributed by atoms with Gasteiger partial charge in [0.15, 0.2) is 0 Å². The Morgan fingerprint density at radius 2 is 2.05 bits per heavy atom. The van der Waals surface area contributed by atoms with Crippen LogP contribution in [0.25, 0.3) is 0 Å². The van der Waals surface area contributed by atoms with Crippen LogP contribution in [0.5, 0.6) is 0 Å². The number of carboxylic acid groups (broad SMARTS) is 1. The lowest BCUT2D eigenvalue weighted by Crippen LogP contribution is -2.40. The molecule has 1 aliphatic rings. The maximum absolute atomic E-state index is 12.6. The van der Waals surface area contributed by atoms with Crippen molar-refractivity contribution >= 4 is 39.2 Å². The Labute approximate surface area is 127 Å². The van der Waals surface area contributed by atoms with Gasteiger partial charge in [0.25, 0.3) is 0 Å². The number of nitrogens with zero attached hydrogens (tertiary/aromatic N) is 1. The second kappa shape index (κ2) is 5.52. The summed E-state index contributed by atoms with van der Waals surface area (Å²) in [5.74, 6) is -1.16. The van der Waals surface area contributed by atoms with Gasteiger partial charge < -0.3 is 5.11 Å². The van der Waals surface area contributed by atoms with Crippen LogP contribution < -0.4 is 0 Å². The number of carbonyl (C=O) groups is 1. The van der Waals surface area contributed by atoms with E-state index in [9.17, 15) is 13.2 Å². The number of aryl methyl sites for hydroxylation is 1. The molecule has 0 aliphatic carbocycles. The van der Waals surface area contributed by atoms with E-state index in [1.165, 1.54) is 6.07 Å². The standard InChI is InChI=1S/C12H13Cl2NO4S/c1-7-4-5-8(13)11(10(7)14)20(18,19)15-6-2-3-9(15)12(16)17/h4-5,9H,2-3,6H2,1H3,(H,16,17)/t9-/m1/s1. The molecule has 1 atom stereocenters. The Kier molecular flexibility index (Phi) is 4.30. The third kappa shape index (κ3) is 2.53. The number of sulfonamides is 1.